The molecule has 134 valence electrons. The Hall–Kier alpha value is -2.31. The molecule has 3 nitrogen and oxygen atoms in total. The van der Waals surface area contributed by atoms with E-state index < -0.39 is 20.9 Å². The lowest BCUT2D eigenvalue weighted by Crippen LogP contribution is -2.17. The largest absolute Gasteiger partial charge is 0.294 e. The molecule has 26 heavy (non-hydrogen) atoms. The van der Waals surface area contributed by atoms with Gasteiger partial charge in [0.25, 0.3) is 0 Å². The Morgan fingerprint density at radius 2 is 1.69 bits per heavy atom. The molecule has 0 saturated carbocycles. The van der Waals surface area contributed by atoms with Gasteiger partial charge in [-0.2, -0.15) is 0 Å². The number of carbonyl (C=O) groups is 1. The fraction of sp³-hybridized carbons (Fsp3) is 0.150. The topological polar surface area (TPSA) is 51.2 Å². The Labute approximate surface area is 156 Å². The van der Waals surface area contributed by atoms with Gasteiger partial charge in [0.05, 0.1) is 4.90 Å². The SMILES string of the molecule is Cc1ccc(S(=O)(=O)[C@H](CC(=O)c2ccc(F)cc2)c2cccs2)cc1. The first kappa shape index (κ1) is 18.5. The van der Waals surface area contributed by atoms with E-state index >= 15 is 0 Å². The van der Waals surface area contributed by atoms with Crippen LogP contribution >= 0.6 is 11.3 Å². The molecular weight excluding hydrogens is 371 g/mol. The number of Topliss-reactive ketones (excluding diaryl/α,β-unsaturated/α-hetero) is 1. The maximum absolute atomic E-state index is 13.2. The number of halogens is 1. The molecule has 0 fully saturated rings. The second-order valence-corrected chi connectivity index (χ2v) is 9.11. The van der Waals surface area contributed by atoms with Crippen molar-refractivity contribution in [2.75, 3.05) is 0 Å². The van der Waals surface area contributed by atoms with Gasteiger partial charge in [0, 0.05) is 16.9 Å². The maximum Gasteiger partial charge on any atom is 0.186 e. The number of benzene rings is 2. The van der Waals surface area contributed by atoms with Crippen molar-refractivity contribution >= 4 is 27.0 Å². The minimum absolute atomic E-state index is 0.188. The van der Waals surface area contributed by atoms with Crippen molar-refractivity contribution < 1.29 is 17.6 Å². The minimum atomic E-state index is -3.74. The van der Waals surface area contributed by atoms with Gasteiger partial charge in [-0.15, -0.1) is 11.3 Å². The van der Waals surface area contributed by atoms with Gasteiger partial charge in [0.15, 0.2) is 15.6 Å². The lowest BCUT2D eigenvalue weighted by Gasteiger charge is -2.16. The van der Waals surface area contributed by atoms with Crippen LogP contribution in [0, 0.1) is 12.7 Å². The van der Waals surface area contributed by atoms with Crippen molar-refractivity contribution in [2.45, 2.75) is 23.5 Å². The van der Waals surface area contributed by atoms with Crippen LogP contribution in [0.15, 0.2) is 70.9 Å². The summed E-state index contributed by atoms with van der Waals surface area (Å²) in [5.41, 5.74) is 1.26. The third-order valence-electron chi connectivity index (χ3n) is 4.12. The van der Waals surface area contributed by atoms with Crippen LogP contribution in [0.4, 0.5) is 4.39 Å². The van der Waals surface area contributed by atoms with Crippen LogP contribution in [0.3, 0.4) is 0 Å². The molecule has 0 saturated heterocycles. The predicted molar refractivity (Wildman–Crippen MR) is 101 cm³/mol. The van der Waals surface area contributed by atoms with Crippen LogP contribution in [0.5, 0.6) is 0 Å². The first-order valence-corrected chi connectivity index (χ1v) is 10.4. The summed E-state index contributed by atoms with van der Waals surface area (Å²) in [5, 5.41) is 0.817. The zero-order valence-electron chi connectivity index (χ0n) is 14.1. The number of ketones is 1. The standard InChI is InChI=1S/C20H17FO3S2/c1-14-4-10-17(11-5-14)26(23,24)20(19-3-2-12-25-19)13-18(22)15-6-8-16(21)9-7-15/h2-12,20H,13H2,1H3/t20-/m1/s1. The fourth-order valence-corrected chi connectivity index (χ4v) is 5.50. The molecule has 1 aromatic heterocycles. The molecule has 6 heteroatoms. The van der Waals surface area contributed by atoms with Crippen molar-refractivity contribution in [3.05, 3.63) is 87.9 Å². The Bertz CT molecular complexity index is 990. The molecular formula is C20H17FO3S2. The lowest BCUT2D eigenvalue weighted by molar-refractivity contribution is 0.0981. The molecule has 1 heterocycles. The maximum atomic E-state index is 13.2. The summed E-state index contributed by atoms with van der Waals surface area (Å²) in [6.07, 6.45) is -0.192. The van der Waals surface area contributed by atoms with Crippen LogP contribution in [0.2, 0.25) is 0 Å². The van der Waals surface area contributed by atoms with Gasteiger partial charge in [-0.05, 0) is 54.8 Å². The molecule has 0 radical (unpaired) electrons. The van der Waals surface area contributed by atoms with Gasteiger partial charge in [0.2, 0.25) is 0 Å². The Morgan fingerprint density at radius 3 is 2.27 bits per heavy atom. The molecule has 2 aromatic carbocycles. The first-order valence-electron chi connectivity index (χ1n) is 8.00. The molecule has 0 aliphatic rings. The summed E-state index contributed by atoms with van der Waals surface area (Å²) in [6.45, 7) is 1.88. The monoisotopic (exact) mass is 388 g/mol. The summed E-state index contributed by atoms with van der Waals surface area (Å²) >= 11 is 1.30. The molecule has 3 rings (SSSR count). The van der Waals surface area contributed by atoms with Crippen molar-refractivity contribution in [1.82, 2.24) is 0 Å². The zero-order chi connectivity index (χ0) is 18.7. The van der Waals surface area contributed by atoms with Gasteiger partial charge in [0.1, 0.15) is 11.1 Å². The Kier molecular flexibility index (Phi) is 5.34. The fourth-order valence-electron chi connectivity index (χ4n) is 2.65. The van der Waals surface area contributed by atoms with Gasteiger partial charge in [-0.25, -0.2) is 12.8 Å². The summed E-state index contributed by atoms with van der Waals surface area (Å²) < 4.78 is 39.4. The van der Waals surface area contributed by atoms with Gasteiger partial charge in [-0.3, -0.25) is 4.79 Å². The van der Waals surface area contributed by atoms with Gasteiger partial charge in [-0.1, -0.05) is 23.8 Å². The molecule has 1 atom stereocenters. The molecule has 0 amide bonds. The quantitative estimate of drug-likeness (QED) is 0.560. The molecule has 0 aliphatic carbocycles. The van der Waals surface area contributed by atoms with Crippen molar-refractivity contribution in [3.8, 4) is 0 Å². The average molecular weight is 388 g/mol. The summed E-state index contributed by atoms with van der Waals surface area (Å²) in [4.78, 5) is 13.4. The van der Waals surface area contributed by atoms with E-state index in [0.29, 0.717) is 10.4 Å². The van der Waals surface area contributed by atoms with Crippen molar-refractivity contribution in [3.63, 3.8) is 0 Å². The highest BCUT2D eigenvalue weighted by atomic mass is 32.2. The highest BCUT2D eigenvalue weighted by Crippen LogP contribution is 2.35. The second-order valence-electron chi connectivity index (χ2n) is 6.00. The lowest BCUT2D eigenvalue weighted by atomic mass is 10.1. The number of rotatable bonds is 6. The smallest absolute Gasteiger partial charge is 0.186 e. The highest BCUT2D eigenvalue weighted by molar-refractivity contribution is 7.91. The number of thiophene rings is 1. The van der Waals surface area contributed by atoms with E-state index in [2.05, 4.69) is 0 Å². The van der Waals surface area contributed by atoms with Crippen molar-refractivity contribution in [1.29, 1.82) is 0 Å². The van der Waals surface area contributed by atoms with Crippen LogP contribution in [0.25, 0.3) is 0 Å². The van der Waals surface area contributed by atoms with E-state index in [9.17, 15) is 17.6 Å². The number of hydrogen-bond donors (Lipinski definition) is 0. The molecule has 0 unspecified atom stereocenters. The molecule has 3 aromatic rings. The van der Waals surface area contributed by atoms with E-state index in [1.54, 1.807) is 41.8 Å². The van der Waals surface area contributed by atoms with E-state index in [1.165, 1.54) is 35.6 Å². The van der Waals surface area contributed by atoms with Crippen LogP contribution in [-0.4, -0.2) is 14.2 Å². The average Bonchev–Trinajstić information content (AvgIpc) is 3.14. The Morgan fingerprint density at radius 1 is 1.04 bits per heavy atom. The minimum Gasteiger partial charge on any atom is -0.294 e. The van der Waals surface area contributed by atoms with Crippen molar-refractivity contribution in [2.24, 2.45) is 0 Å². The molecule has 0 bridgehead atoms. The van der Waals surface area contributed by atoms with Crippen LogP contribution in [-0.2, 0) is 9.84 Å². The van der Waals surface area contributed by atoms with E-state index in [1.807, 2.05) is 6.92 Å². The third kappa shape index (κ3) is 3.92. The van der Waals surface area contributed by atoms with Gasteiger partial charge < -0.3 is 0 Å². The zero-order valence-corrected chi connectivity index (χ0v) is 15.7. The summed E-state index contributed by atoms with van der Waals surface area (Å²) in [6, 6.07) is 15.2. The number of aryl methyl sites for hydroxylation is 1. The van der Waals surface area contributed by atoms with Gasteiger partial charge >= 0.3 is 0 Å². The Balaban J connectivity index is 1.97. The molecule has 0 N–H and O–H groups in total. The van der Waals surface area contributed by atoms with E-state index in [0.717, 1.165) is 5.56 Å². The third-order valence-corrected chi connectivity index (χ3v) is 7.36. The molecule has 0 aliphatic heterocycles. The summed E-state index contributed by atoms with van der Waals surface area (Å²) in [7, 11) is -3.74. The normalized spacial score (nSPS) is 12.7. The van der Waals surface area contributed by atoms with E-state index in [-0.39, 0.29) is 17.1 Å². The van der Waals surface area contributed by atoms with Crippen LogP contribution < -0.4 is 0 Å². The number of sulfone groups is 1. The first-order chi connectivity index (χ1) is 12.4. The highest BCUT2D eigenvalue weighted by Gasteiger charge is 2.32. The second kappa shape index (κ2) is 7.51. The predicted octanol–water partition coefficient (Wildman–Crippen LogP) is 4.98. The number of carbonyl (C=O) groups excluding carboxylic acids is 1. The summed E-state index contributed by atoms with van der Waals surface area (Å²) in [5.74, 6) is -0.775. The van der Waals surface area contributed by atoms with Crippen LogP contribution in [0.1, 0.15) is 32.5 Å². The molecule has 0 spiro atoms. The van der Waals surface area contributed by atoms with E-state index in [4.69, 9.17) is 0 Å². The number of hydrogen-bond acceptors (Lipinski definition) is 4.